The average Bonchev–Trinajstić information content (AvgIpc) is 2.52. The van der Waals surface area contributed by atoms with E-state index in [1.54, 1.807) is 0 Å². The van der Waals surface area contributed by atoms with Crippen LogP contribution < -0.4 is 0 Å². The second-order valence-corrected chi connectivity index (χ2v) is 3.11. The molecule has 1 aromatic rings. The van der Waals surface area contributed by atoms with Crippen molar-refractivity contribution in [3.05, 3.63) is 17.5 Å². The number of hydrogen-bond donors (Lipinski definition) is 1. The van der Waals surface area contributed by atoms with E-state index in [0.717, 1.165) is 12.8 Å². The molecule has 0 aliphatic rings. The van der Waals surface area contributed by atoms with E-state index in [1.165, 1.54) is 6.07 Å². The molecule has 1 aromatic heterocycles. The zero-order chi connectivity index (χ0) is 9.84. The maximum absolute atomic E-state index is 10.5. The van der Waals surface area contributed by atoms with Gasteiger partial charge < -0.3 is 9.63 Å². The van der Waals surface area contributed by atoms with Gasteiger partial charge in [-0.2, -0.15) is 0 Å². The van der Waals surface area contributed by atoms with Crippen LogP contribution in [0.2, 0.25) is 0 Å². The molecule has 0 aliphatic heterocycles. The lowest BCUT2D eigenvalue weighted by atomic mass is 10.0. The predicted molar refractivity (Wildman–Crippen MR) is 46.8 cm³/mol. The van der Waals surface area contributed by atoms with E-state index in [9.17, 15) is 4.79 Å². The summed E-state index contributed by atoms with van der Waals surface area (Å²) in [6.07, 6.45) is 2.03. The molecular formula is C9H13NO3. The lowest BCUT2D eigenvalue weighted by molar-refractivity contribution is 0.0685. The Balaban J connectivity index is 2.73. The Bertz CT molecular complexity index is 293. The number of carboxylic acid groups (broad SMARTS) is 1. The van der Waals surface area contributed by atoms with Crippen molar-refractivity contribution in [1.82, 2.24) is 5.16 Å². The maximum atomic E-state index is 10.5. The fraction of sp³-hybridized carbons (Fsp3) is 0.556. The summed E-state index contributed by atoms with van der Waals surface area (Å²) in [6, 6.07) is 1.49. The smallest absolute Gasteiger partial charge is 0.358 e. The highest BCUT2D eigenvalue weighted by atomic mass is 16.5. The first-order valence-electron chi connectivity index (χ1n) is 4.35. The van der Waals surface area contributed by atoms with Gasteiger partial charge in [-0.3, -0.25) is 0 Å². The molecule has 4 heteroatoms. The molecule has 1 N–H and O–H groups in total. The molecule has 0 aliphatic carbocycles. The van der Waals surface area contributed by atoms with Crippen LogP contribution in [0.25, 0.3) is 0 Å². The van der Waals surface area contributed by atoms with E-state index in [-0.39, 0.29) is 11.6 Å². The molecule has 0 spiro atoms. The van der Waals surface area contributed by atoms with E-state index >= 15 is 0 Å². The highest BCUT2D eigenvalue weighted by molar-refractivity contribution is 5.85. The average molecular weight is 183 g/mol. The van der Waals surface area contributed by atoms with Crippen LogP contribution in [0, 0.1) is 0 Å². The van der Waals surface area contributed by atoms with Gasteiger partial charge in [0, 0.05) is 12.0 Å². The lowest BCUT2D eigenvalue weighted by Crippen LogP contribution is -1.95. The van der Waals surface area contributed by atoms with Crippen LogP contribution in [-0.2, 0) is 0 Å². The fourth-order valence-corrected chi connectivity index (χ4v) is 1.20. The summed E-state index contributed by atoms with van der Waals surface area (Å²) in [5.41, 5.74) is -0.0158. The maximum Gasteiger partial charge on any atom is 0.358 e. The molecule has 0 fully saturated rings. The van der Waals surface area contributed by atoms with Crippen molar-refractivity contribution in [1.29, 1.82) is 0 Å². The van der Waals surface area contributed by atoms with Gasteiger partial charge in [0.05, 0.1) is 0 Å². The van der Waals surface area contributed by atoms with Gasteiger partial charge in [-0.15, -0.1) is 0 Å². The van der Waals surface area contributed by atoms with Crippen molar-refractivity contribution in [3.63, 3.8) is 0 Å². The molecule has 4 nitrogen and oxygen atoms in total. The molecule has 1 atom stereocenters. The molecular weight excluding hydrogens is 170 g/mol. The van der Waals surface area contributed by atoms with E-state index < -0.39 is 5.97 Å². The number of aromatic nitrogens is 1. The summed E-state index contributed by atoms with van der Waals surface area (Å²) in [7, 11) is 0. The number of nitrogens with zero attached hydrogens (tertiary/aromatic N) is 1. The topological polar surface area (TPSA) is 63.3 Å². The third-order valence-corrected chi connectivity index (χ3v) is 1.95. The Morgan fingerprint density at radius 3 is 2.92 bits per heavy atom. The highest BCUT2D eigenvalue weighted by Crippen LogP contribution is 2.20. The number of hydrogen-bond acceptors (Lipinski definition) is 3. The Kier molecular flexibility index (Phi) is 3.06. The quantitative estimate of drug-likeness (QED) is 0.777. The molecule has 72 valence electrons. The van der Waals surface area contributed by atoms with E-state index in [2.05, 4.69) is 12.1 Å². The zero-order valence-corrected chi connectivity index (χ0v) is 7.78. The van der Waals surface area contributed by atoms with Crippen LogP contribution in [0.5, 0.6) is 0 Å². The summed E-state index contributed by atoms with van der Waals surface area (Å²) in [5.74, 6) is -0.149. The Hall–Kier alpha value is -1.32. The first kappa shape index (κ1) is 9.77. The van der Waals surface area contributed by atoms with Gasteiger partial charge in [-0.05, 0) is 6.42 Å². The van der Waals surface area contributed by atoms with Gasteiger partial charge in [0.2, 0.25) is 0 Å². The Labute approximate surface area is 76.5 Å². The Morgan fingerprint density at radius 2 is 2.46 bits per heavy atom. The van der Waals surface area contributed by atoms with E-state index in [0.29, 0.717) is 5.76 Å². The standard InChI is InChI=1S/C9H13NO3/c1-3-4-6(2)8-5-7(9(11)12)10-13-8/h5-6H,3-4H2,1-2H3,(H,11,12). The van der Waals surface area contributed by atoms with Crippen molar-refractivity contribution in [2.75, 3.05) is 0 Å². The van der Waals surface area contributed by atoms with E-state index in [1.807, 2.05) is 6.92 Å². The van der Waals surface area contributed by atoms with Crippen molar-refractivity contribution in [2.45, 2.75) is 32.6 Å². The van der Waals surface area contributed by atoms with Crippen LogP contribution in [0.4, 0.5) is 0 Å². The molecule has 0 radical (unpaired) electrons. The van der Waals surface area contributed by atoms with Crippen molar-refractivity contribution in [3.8, 4) is 0 Å². The largest absolute Gasteiger partial charge is 0.476 e. The highest BCUT2D eigenvalue weighted by Gasteiger charge is 2.14. The van der Waals surface area contributed by atoms with Gasteiger partial charge in [-0.1, -0.05) is 25.4 Å². The normalized spacial score (nSPS) is 12.8. The molecule has 0 amide bonds. The predicted octanol–water partition coefficient (Wildman–Crippen LogP) is 2.28. The number of rotatable bonds is 4. The minimum atomic E-state index is -1.04. The minimum Gasteiger partial charge on any atom is -0.476 e. The summed E-state index contributed by atoms with van der Waals surface area (Å²) >= 11 is 0. The van der Waals surface area contributed by atoms with Crippen LogP contribution in [0.3, 0.4) is 0 Å². The molecule has 1 unspecified atom stereocenters. The van der Waals surface area contributed by atoms with E-state index in [4.69, 9.17) is 9.63 Å². The number of carbonyl (C=O) groups is 1. The molecule has 1 heterocycles. The van der Waals surface area contributed by atoms with Crippen molar-refractivity contribution in [2.24, 2.45) is 0 Å². The first-order valence-corrected chi connectivity index (χ1v) is 4.35. The van der Waals surface area contributed by atoms with Crippen LogP contribution in [0.15, 0.2) is 10.6 Å². The Morgan fingerprint density at radius 1 is 1.77 bits per heavy atom. The number of carboxylic acids is 1. The SMILES string of the molecule is CCCC(C)c1cc(C(=O)O)no1. The minimum absolute atomic E-state index is 0.0158. The molecule has 1 rings (SSSR count). The molecule has 0 saturated carbocycles. The van der Waals surface area contributed by atoms with Crippen molar-refractivity contribution >= 4 is 5.97 Å². The molecule has 0 aromatic carbocycles. The van der Waals surface area contributed by atoms with Crippen LogP contribution in [-0.4, -0.2) is 16.2 Å². The van der Waals surface area contributed by atoms with Gasteiger partial charge in [0.15, 0.2) is 5.69 Å². The monoisotopic (exact) mass is 183 g/mol. The fourth-order valence-electron chi connectivity index (χ4n) is 1.20. The number of aromatic carboxylic acids is 1. The van der Waals surface area contributed by atoms with Gasteiger partial charge in [0.1, 0.15) is 5.76 Å². The van der Waals surface area contributed by atoms with Crippen LogP contribution >= 0.6 is 0 Å². The third-order valence-electron chi connectivity index (χ3n) is 1.95. The van der Waals surface area contributed by atoms with Gasteiger partial charge in [-0.25, -0.2) is 4.79 Å². The third kappa shape index (κ3) is 2.31. The zero-order valence-electron chi connectivity index (χ0n) is 7.78. The molecule has 13 heavy (non-hydrogen) atoms. The summed E-state index contributed by atoms with van der Waals surface area (Å²) in [6.45, 7) is 4.07. The summed E-state index contributed by atoms with van der Waals surface area (Å²) in [5, 5.41) is 12.0. The van der Waals surface area contributed by atoms with Crippen molar-refractivity contribution < 1.29 is 14.4 Å². The lowest BCUT2D eigenvalue weighted by Gasteiger charge is -2.02. The summed E-state index contributed by atoms with van der Waals surface area (Å²) in [4.78, 5) is 10.5. The first-order chi connectivity index (χ1) is 6.15. The van der Waals surface area contributed by atoms with Gasteiger partial charge in [0.25, 0.3) is 0 Å². The molecule has 0 bridgehead atoms. The second kappa shape index (κ2) is 4.07. The van der Waals surface area contributed by atoms with Gasteiger partial charge >= 0.3 is 5.97 Å². The summed E-state index contributed by atoms with van der Waals surface area (Å²) < 4.78 is 4.91. The molecule has 0 saturated heterocycles. The second-order valence-electron chi connectivity index (χ2n) is 3.11. The van der Waals surface area contributed by atoms with Crippen LogP contribution in [0.1, 0.15) is 48.9 Å².